The van der Waals surface area contributed by atoms with E-state index in [0.29, 0.717) is 30.1 Å². The van der Waals surface area contributed by atoms with Crippen molar-refractivity contribution in [2.45, 2.75) is 12.3 Å². The molecule has 0 radical (unpaired) electrons. The predicted octanol–water partition coefficient (Wildman–Crippen LogP) is 3.10. The average molecular weight is 397 g/mol. The van der Waals surface area contributed by atoms with Crippen molar-refractivity contribution in [2.24, 2.45) is 0 Å². The second-order valence-electron chi connectivity index (χ2n) is 6.14. The van der Waals surface area contributed by atoms with Crippen LogP contribution in [0.4, 0.5) is 4.39 Å². The molecule has 0 spiro atoms. The first kappa shape index (κ1) is 19.8. The largest absolute Gasteiger partial charge is 0.354 e. The van der Waals surface area contributed by atoms with Gasteiger partial charge in [-0.15, -0.1) is 11.8 Å². The highest BCUT2D eigenvalue weighted by Crippen LogP contribution is 2.15. The van der Waals surface area contributed by atoms with Crippen LogP contribution in [0.25, 0.3) is 11.3 Å². The Hall–Kier alpha value is -2.93. The molecule has 28 heavy (non-hydrogen) atoms. The van der Waals surface area contributed by atoms with Gasteiger partial charge in [-0.25, -0.2) is 9.37 Å². The molecule has 0 unspecified atom stereocenters. The predicted molar refractivity (Wildman–Crippen MR) is 110 cm³/mol. The van der Waals surface area contributed by atoms with E-state index in [1.807, 2.05) is 30.3 Å². The third-order valence-electron chi connectivity index (χ3n) is 4.04. The molecule has 3 aromatic rings. The van der Waals surface area contributed by atoms with Crippen molar-refractivity contribution in [3.05, 3.63) is 88.7 Å². The van der Waals surface area contributed by atoms with Gasteiger partial charge in [-0.2, -0.15) is 0 Å². The van der Waals surface area contributed by atoms with E-state index < -0.39 is 0 Å². The maximum absolute atomic E-state index is 13.0. The summed E-state index contributed by atoms with van der Waals surface area (Å²) >= 11 is 1.54. The molecule has 7 heteroatoms. The van der Waals surface area contributed by atoms with Gasteiger partial charge in [0.1, 0.15) is 5.82 Å². The van der Waals surface area contributed by atoms with Crippen LogP contribution in [0, 0.1) is 5.82 Å². The number of hydrogen-bond donors (Lipinski definition) is 1. The number of amides is 1. The molecule has 2 aromatic carbocycles. The number of hydrogen-bond acceptors (Lipinski definition) is 4. The van der Waals surface area contributed by atoms with Gasteiger partial charge in [0.05, 0.1) is 17.8 Å². The second kappa shape index (κ2) is 9.85. The van der Waals surface area contributed by atoms with Crippen LogP contribution in [0.2, 0.25) is 0 Å². The Balaban J connectivity index is 1.45. The van der Waals surface area contributed by atoms with E-state index in [4.69, 9.17) is 0 Å². The summed E-state index contributed by atoms with van der Waals surface area (Å²) in [6.07, 6.45) is 1.44. The van der Waals surface area contributed by atoms with Crippen LogP contribution in [0.5, 0.6) is 0 Å². The first-order valence-corrected chi connectivity index (χ1v) is 9.98. The molecular formula is C21H20FN3O2S. The lowest BCUT2D eigenvalue weighted by atomic mass is 10.1. The van der Waals surface area contributed by atoms with Crippen LogP contribution in [0.3, 0.4) is 0 Å². The van der Waals surface area contributed by atoms with E-state index in [-0.39, 0.29) is 17.3 Å². The third-order valence-corrected chi connectivity index (χ3v) is 5.04. The van der Waals surface area contributed by atoms with Crippen molar-refractivity contribution in [2.75, 3.05) is 12.3 Å². The van der Waals surface area contributed by atoms with Gasteiger partial charge in [0.15, 0.2) is 0 Å². The van der Waals surface area contributed by atoms with Crippen LogP contribution in [-0.2, 0) is 17.1 Å². The van der Waals surface area contributed by atoms with Gasteiger partial charge in [0.2, 0.25) is 5.91 Å². The zero-order valence-electron chi connectivity index (χ0n) is 15.2. The van der Waals surface area contributed by atoms with Crippen LogP contribution < -0.4 is 10.9 Å². The van der Waals surface area contributed by atoms with Gasteiger partial charge in [0, 0.05) is 30.5 Å². The van der Waals surface area contributed by atoms with Crippen LogP contribution >= 0.6 is 11.8 Å². The number of thioether (sulfide) groups is 1. The number of nitrogens with one attached hydrogen (secondary N) is 1. The zero-order chi connectivity index (χ0) is 19.8. The minimum Gasteiger partial charge on any atom is -0.354 e. The molecule has 0 bridgehead atoms. The molecule has 5 nitrogen and oxygen atoms in total. The Morgan fingerprint density at radius 2 is 1.86 bits per heavy atom. The van der Waals surface area contributed by atoms with Gasteiger partial charge in [0.25, 0.3) is 5.56 Å². The SMILES string of the molecule is O=C(CSCc1ccccc1)NCCn1cnc(-c2ccc(F)cc2)cc1=O. The lowest BCUT2D eigenvalue weighted by Gasteiger charge is -2.08. The van der Waals surface area contributed by atoms with E-state index in [2.05, 4.69) is 10.3 Å². The summed E-state index contributed by atoms with van der Waals surface area (Å²) in [5, 5.41) is 2.81. The lowest BCUT2D eigenvalue weighted by Crippen LogP contribution is -2.31. The smallest absolute Gasteiger partial charge is 0.253 e. The number of rotatable bonds is 8. The average Bonchev–Trinajstić information content (AvgIpc) is 2.70. The summed E-state index contributed by atoms with van der Waals surface area (Å²) in [4.78, 5) is 28.4. The van der Waals surface area contributed by atoms with Crippen molar-refractivity contribution in [3.8, 4) is 11.3 Å². The minimum atomic E-state index is -0.338. The third kappa shape index (κ3) is 5.79. The lowest BCUT2D eigenvalue weighted by molar-refractivity contribution is -0.118. The fraction of sp³-hybridized carbons (Fsp3) is 0.190. The van der Waals surface area contributed by atoms with E-state index in [1.54, 1.807) is 23.9 Å². The van der Waals surface area contributed by atoms with E-state index in [9.17, 15) is 14.0 Å². The van der Waals surface area contributed by atoms with Crippen LogP contribution in [-0.4, -0.2) is 27.8 Å². The Morgan fingerprint density at radius 3 is 2.57 bits per heavy atom. The van der Waals surface area contributed by atoms with E-state index in [0.717, 1.165) is 5.75 Å². The Bertz CT molecular complexity index is 975. The topological polar surface area (TPSA) is 64.0 Å². The Morgan fingerprint density at radius 1 is 1.11 bits per heavy atom. The number of carbonyl (C=O) groups is 1. The summed E-state index contributed by atoms with van der Waals surface area (Å²) in [5.41, 5.74) is 2.12. The Labute approximate surface area is 166 Å². The Kier molecular flexibility index (Phi) is 6.97. The fourth-order valence-electron chi connectivity index (χ4n) is 2.57. The first-order chi connectivity index (χ1) is 13.6. The van der Waals surface area contributed by atoms with Crippen molar-refractivity contribution >= 4 is 17.7 Å². The maximum atomic E-state index is 13.0. The summed E-state index contributed by atoms with van der Waals surface area (Å²) in [5.74, 6) is 0.744. The molecule has 1 aromatic heterocycles. The minimum absolute atomic E-state index is 0.0649. The molecule has 144 valence electrons. The van der Waals surface area contributed by atoms with Gasteiger partial charge < -0.3 is 5.32 Å². The van der Waals surface area contributed by atoms with Gasteiger partial charge in [-0.3, -0.25) is 14.2 Å². The molecule has 0 aliphatic heterocycles. The highest BCUT2D eigenvalue weighted by atomic mass is 32.2. The maximum Gasteiger partial charge on any atom is 0.253 e. The number of carbonyl (C=O) groups excluding carboxylic acids is 1. The molecule has 1 amide bonds. The fourth-order valence-corrected chi connectivity index (χ4v) is 3.39. The highest BCUT2D eigenvalue weighted by Gasteiger charge is 2.05. The standard InChI is InChI=1S/C21H20FN3O2S/c22-18-8-6-17(7-9-18)19-12-21(27)25(15-24-19)11-10-23-20(26)14-28-13-16-4-2-1-3-5-16/h1-9,12,15H,10-11,13-14H2,(H,23,26). The molecule has 1 heterocycles. The second-order valence-corrected chi connectivity index (χ2v) is 7.13. The normalized spacial score (nSPS) is 10.6. The molecule has 0 atom stereocenters. The number of aromatic nitrogens is 2. The molecule has 0 aliphatic rings. The summed E-state index contributed by atoms with van der Waals surface area (Å²) in [6.45, 7) is 0.687. The molecule has 3 rings (SSSR count). The molecule has 0 fully saturated rings. The number of benzene rings is 2. The molecular weight excluding hydrogens is 377 g/mol. The van der Waals surface area contributed by atoms with Crippen LogP contribution in [0.1, 0.15) is 5.56 Å². The van der Waals surface area contributed by atoms with Crippen molar-refractivity contribution in [1.29, 1.82) is 0 Å². The molecule has 0 saturated heterocycles. The molecule has 0 aliphatic carbocycles. The monoisotopic (exact) mass is 397 g/mol. The summed E-state index contributed by atoms with van der Waals surface area (Å²) in [7, 11) is 0. The highest BCUT2D eigenvalue weighted by molar-refractivity contribution is 7.99. The number of halogens is 1. The van der Waals surface area contributed by atoms with Crippen molar-refractivity contribution in [1.82, 2.24) is 14.9 Å². The molecule has 1 N–H and O–H groups in total. The summed E-state index contributed by atoms with van der Waals surface area (Å²) in [6, 6.07) is 17.2. The van der Waals surface area contributed by atoms with Crippen molar-refractivity contribution < 1.29 is 9.18 Å². The van der Waals surface area contributed by atoms with Gasteiger partial charge in [-0.1, -0.05) is 30.3 Å². The quantitative estimate of drug-likeness (QED) is 0.634. The van der Waals surface area contributed by atoms with Crippen LogP contribution in [0.15, 0.2) is 71.8 Å². The van der Waals surface area contributed by atoms with E-state index in [1.165, 1.54) is 34.7 Å². The molecule has 0 saturated carbocycles. The van der Waals surface area contributed by atoms with E-state index >= 15 is 0 Å². The number of nitrogens with zero attached hydrogens (tertiary/aromatic N) is 2. The van der Waals surface area contributed by atoms with Gasteiger partial charge in [-0.05, 0) is 29.8 Å². The summed E-state index contributed by atoms with van der Waals surface area (Å²) < 4.78 is 14.4. The van der Waals surface area contributed by atoms with Gasteiger partial charge >= 0.3 is 0 Å². The first-order valence-electron chi connectivity index (χ1n) is 8.82. The van der Waals surface area contributed by atoms with Crippen molar-refractivity contribution in [3.63, 3.8) is 0 Å². The zero-order valence-corrected chi connectivity index (χ0v) is 16.0.